The Bertz CT molecular complexity index is 1290. The fraction of sp³-hybridized carbons (Fsp3) is 0.222. The van der Waals surface area contributed by atoms with E-state index in [1.54, 1.807) is 18.3 Å². The summed E-state index contributed by atoms with van der Waals surface area (Å²) in [5.41, 5.74) is 1.70. The van der Waals surface area contributed by atoms with E-state index >= 15 is 0 Å². The molecule has 2 aromatic carbocycles. The molecule has 186 valence electrons. The summed E-state index contributed by atoms with van der Waals surface area (Å²) >= 11 is 0. The second-order valence-corrected chi connectivity index (χ2v) is 8.12. The van der Waals surface area contributed by atoms with Crippen LogP contribution < -0.4 is 4.74 Å². The molecule has 4 rings (SSSR count). The molecule has 0 spiro atoms. The Kier molecular flexibility index (Phi) is 7.99. The molecule has 0 aliphatic heterocycles. The summed E-state index contributed by atoms with van der Waals surface area (Å²) in [4.78, 5) is 19.2. The van der Waals surface area contributed by atoms with E-state index in [1.165, 1.54) is 24.0 Å². The van der Waals surface area contributed by atoms with E-state index in [2.05, 4.69) is 9.97 Å². The van der Waals surface area contributed by atoms with Crippen molar-refractivity contribution >= 4 is 18.4 Å². The molecule has 2 aromatic heterocycles. The number of unbranched alkanes of at least 4 members (excludes halogenated alkanes) is 1. The lowest BCUT2D eigenvalue weighted by Crippen LogP contribution is -2.03. The second-order valence-electron chi connectivity index (χ2n) is 8.12. The van der Waals surface area contributed by atoms with Gasteiger partial charge in [0.05, 0.1) is 5.56 Å². The number of nitrogens with zero attached hydrogens (tertiary/aromatic N) is 3. The summed E-state index contributed by atoms with van der Waals surface area (Å²) in [5, 5.41) is 0. The van der Waals surface area contributed by atoms with Gasteiger partial charge in [-0.3, -0.25) is 4.79 Å². The minimum atomic E-state index is -4.36. The van der Waals surface area contributed by atoms with Gasteiger partial charge >= 0.3 is 6.18 Å². The van der Waals surface area contributed by atoms with Crippen LogP contribution in [0.25, 0.3) is 12.2 Å². The van der Waals surface area contributed by atoms with Crippen LogP contribution in [0.3, 0.4) is 0 Å². The molecule has 0 atom stereocenters. The van der Waals surface area contributed by atoms with Gasteiger partial charge in [-0.25, -0.2) is 9.97 Å². The van der Waals surface area contributed by atoms with Crippen LogP contribution in [0.5, 0.6) is 5.75 Å². The first-order chi connectivity index (χ1) is 17.4. The van der Waals surface area contributed by atoms with Gasteiger partial charge in [0.2, 0.25) is 5.89 Å². The lowest BCUT2D eigenvalue weighted by molar-refractivity contribution is -0.137. The number of hydrogen-bond donors (Lipinski definition) is 0. The first-order valence-corrected chi connectivity index (χ1v) is 11.4. The van der Waals surface area contributed by atoms with Crippen LogP contribution in [0, 0.1) is 0 Å². The van der Waals surface area contributed by atoms with Crippen molar-refractivity contribution in [3.63, 3.8) is 0 Å². The highest BCUT2D eigenvalue weighted by Gasteiger charge is 2.29. The number of carbonyl (C=O) groups is 1. The van der Waals surface area contributed by atoms with Crippen molar-refractivity contribution in [2.75, 3.05) is 0 Å². The Balaban J connectivity index is 1.21. The summed E-state index contributed by atoms with van der Waals surface area (Å²) in [6, 6.07) is 12.7. The summed E-state index contributed by atoms with van der Waals surface area (Å²) < 4.78 is 51.0. The molecule has 36 heavy (non-hydrogen) atoms. The highest BCUT2D eigenvalue weighted by atomic mass is 19.4. The third kappa shape index (κ3) is 6.94. The quantitative estimate of drug-likeness (QED) is 0.176. The Morgan fingerprint density at radius 2 is 1.78 bits per heavy atom. The maximum Gasteiger partial charge on any atom is 0.416 e. The van der Waals surface area contributed by atoms with Crippen LogP contribution in [-0.4, -0.2) is 20.8 Å². The van der Waals surface area contributed by atoms with E-state index in [-0.39, 0.29) is 6.61 Å². The molecule has 4 aromatic rings. The van der Waals surface area contributed by atoms with Crippen LogP contribution in [0.1, 0.15) is 51.7 Å². The molecule has 0 N–H and O–H groups in total. The Hall–Kier alpha value is -4.14. The number of halogens is 3. The number of aryl methyl sites for hydroxylation is 2. The minimum absolute atomic E-state index is 0.223. The SMILES string of the molecule is O=Cc1nccn1CCCCc1ccc(OCc2coc(C=Cc3ccc(C(F)(F)F)cc3)n2)cc1. The third-order valence-electron chi connectivity index (χ3n) is 5.50. The molecule has 0 aliphatic rings. The van der Waals surface area contributed by atoms with E-state index < -0.39 is 11.7 Å². The fourth-order valence-electron chi connectivity index (χ4n) is 3.57. The summed E-state index contributed by atoms with van der Waals surface area (Å²) in [5.74, 6) is 1.49. The molecule has 0 fully saturated rings. The Morgan fingerprint density at radius 1 is 1.00 bits per heavy atom. The van der Waals surface area contributed by atoms with E-state index in [0.29, 0.717) is 28.7 Å². The zero-order valence-electron chi connectivity index (χ0n) is 19.3. The molecule has 9 heteroatoms. The molecule has 2 heterocycles. The van der Waals surface area contributed by atoms with Crippen molar-refractivity contribution in [3.8, 4) is 5.75 Å². The first-order valence-electron chi connectivity index (χ1n) is 11.4. The number of ether oxygens (including phenoxy) is 1. The van der Waals surface area contributed by atoms with Crippen LogP contribution in [-0.2, 0) is 25.7 Å². The Morgan fingerprint density at radius 3 is 2.50 bits per heavy atom. The van der Waals surface area contributed by atoms with Crippen LogP contribution in [0.4, 0.5) is 13.2 Å². The number of aldehydes is 1. The van der Waals surface area contributed by atoms with Crippen LogP contribution in [0.15, 0.2) is 71.6 Å². The standard InChI is InChI=1S/C27H24F3N3O3/c28-27(29,30)22-9-4-21(5-10-22)8-13-26-32-23(19-36-26)18-35-24-11-6-20(7-12-24)3-1-2-15-33-16-14-31-25(33)17-34/h4-14,16-17,19H,1-3,15,18H2. The van der Waals surface area contributed by atoms with Gasteiger partial charge in [-0.15, -0.1) is 0 Å². The highest BCUT2D eigenvalue weighted by Crippen LogP contribution is 2.29. The van der Waals surface area contributed by atoms with E-state index in [4.69, 9.17) is 9.15 Å². The lowest BCUT2D eigenvalue weighted by atomic mass is 10.1. The number of imidazole rings is 1. The van der Waals surface area contributed by atoms with Gasteiger partial charge in [0.1, 0.15) is 24.3 Å². The number of benzene rings is 2. The molecular weight excluding hydrogens is 471 g/mol. The van der Waals surface area contributed by atoms with Crippen molar-refractivity contribution in [1.29, 1.82) is 0 Å². The zero-order valence-corrected chi connectivity index (χ0v) is 19.3. The van der Waals surface area contributed by atoms with Gasteiger partial charge in [-0.1, -0.05) is 24.3 Å². The van der Waals surface area contributed by atoms with Gasteiger partial charge < -0.3 is 13.7 Å². The molecular formula is C27H24F3N3O3. The normalized spacial score (nSPS) is 11.8. The number of alkyl halides is 3. The molecule has 0 bridgehead atoms. The van der Waals surface area contributed by atoms with E-state index in [0.717, 1.165) is 44.2 Å². The van der Waals surface area contributed by atoms with Gasteiger partial charge in [-0.05, 0) is 60.7 Å². The number of carbonyl (C=O) groups excluding carboxylic acids is 1. The van der Waals surface area contributed by atoms with Crippen molar-refractivity contribution in [2.24, 2.45) is 0 Å². The van der Waals surface area contributed by atoms with Crippen LogP contribution in [0.2, 0.25) is 0 Å². The van der Waals surface area contributed by atoms with Crippen molar-refractivity contribution in [3.05, 3.63) is 101 Å². The average molecular weight is 496 g/mol. The summed E-state index contributed by atoms with van der Waals surface area (Å²) in [6.45, 7) is 0.982. The van der Waals surface area contributed by atoms with Crippen molar-refractivity contribution in [1.82, 2.24) is 14.5 Å². The molecule has 0 unspecified atom stereocenters. The van der Waals surface area contributed by atoms with Gasteiger partial charge in [0, 0.05) is 25.0 Å². The zero-order chi connectivity index (χ0) is 25.4. The minimum Gasteiger partial charge on any atom is -0.487 e. The number of rotatable bonds is 11. The monoisotopic (exact) mass is 495 g/mol. The topological polar surface area (TPSA) is 70.2 Å². The highest BCUT2D eigenvalue weighted by molar-refractivity contribution is 5.69. The van der Waals surface area contributed by atoms with E-state index in [1.807, 2.05) is 35.0 Å². The number of hydrogen-bond acceptors (Lipinski definition) is 5. The molecule has 0 amide bonds. The van der Waals surface area contributed by atoms with Gasteiger partial charge in [0.15, 0.2) is 12.1 Å². The molecule has 0 saturated heterocycles. The number of oxazole rings is 1. The van der Waals surface area contributed by atoms with Gasteiger partial charge in [-0.2, -0.15) is 13.2 Å². The Labute approximate surface area is 206 Å². The molecule has 0 aliphatic carbocycles. The van der Waals surface area contributed by atoms with E-state index in [9.17, 15) is 18.0 Å². The maximum atomic E-state index is 12.7. The lowest BCUT2D eigenvalue weighted by Gasteiger charge is -2.07. The second kappa shape index (κ2) is 11.5. The first kappa shape index (κ1) is 25.0. The predicted octanol–water partition coefficient (Wildman–Crippen LogP) is 6.47. The molecule has 6 nitrogen and oxygen atoms in total. The average Bonchev–Trinajstić information content (AvgIpc) is 3.53. The molecule has 0 saturated carbocycles. The van der Waals surface area contributed by atoms with Crippen LogP contribution >= 0.6 is 0 Å². The summed E-state index contributed by atoms with van der Waals surface area (Å²) in [7, 11) is 0. The smallest absolute Gasteiger partial charge is 0.416 e. The van der Waals surface area contributed by atoms with Gasteiger partial charge in [0.25, 0.3) is 0 Å². The predicted molar refractivity (Wildman–Crippen MR) is 128 cm³/mol. The fourth-order valence-corrected chi connectivity index (χ4v) is 3.57. The van der Waals surface area contributed by atoms with Crippen molar-refractivity contribution in [2.45, 2.75) is 38.6 Å². The molecule has 0 radical (unpaired) electrons. The largest absolute Gasteiger partial charge is 0.487 e. The number of aromatic nitrogens is 3. The summed E-state index contributed by atoms with van der Waals surface area (Å²) in [6.07, 6.45) is 7.39. The maximum absolute atomic E-state index is 12.7. The third-order valence-corrected chi connectivity index (χ3v) is 5.50. The van der Waals surface area contributed by atoms with Crippen molar-refractivity contribution < 1.29 is 27.1 Å².